The molecule has 2 heterocycles. The minimum absolute atomic E-state index is 0.244. The van der Waals surface area contributed by atoms with Gasteiger partial charge in [-0.25, -0.2) is 4.79 Å². The van der Waals surface area contributed by atoms with Gasteiger partial charge >= 0.3 is 5.97 Å². The molecule has 5 nitrogen and oxygen atoms in total. The first-order chi connectivity index (χ1) is 13.0. The molecule has 0 aliphatic heterocycles. The molecule has 3 aromatic rings. The van der Waals surface area contributed by atoms with Crippen LogP contribution in [0.25, 0.3) is 10.9 Å². The van der Waals surface area contributed by atoms with Gasteiger partial charge in [-0.15, -0.1) is 11.3 Å². The summed E-state index contributed by atoms with van der Waals surface area (Å²) in [6.07, 6.45) is 5.03. The molecule has 4 rings (SSSR count). The minimum atomic E-state index is -1.02. The number of H-pyrrole nitrogens is 1. The van der Waals surface area contributed by atoms with E-state index in [9.17, 15) is 14.7 Å². The van der Waals surface area contributed by atoms with Crippen LogP contribution in [0.1, 0.15) is 39.7 Å². The summed E-state index contributed by atoms with van der Waals surface area (Å²) in [5, 5.41) is 15.2. The Kier molecular flexibility index (Phi) is 4.74. The topological polar surface area (TPSA) is 82.2 Å². The lowest BCUT2D eigenvalue weighted by Gasteiger charge is -2.19. The Morgan fingerprint density at radius 1 is 1.37 bits per heavy atom. The van der Waals surface area contributed by atoms with Gasteiger partial charge in [0.1, 0.15) is 6.04 Å². The Labute approximate surface area is 161 Å². The fourth-order valence-corrected chi connectivity index (χ4v) is 5.07. The molecular formula is C21H22N2O3S. The molecule has 2 atom stereocenters. The molecule has 6 heteroatoms. The number of nitrogens with one attached hydrogen (secondary N) is 2. The van der Waals surface area contributed by atoms with Crippen molar-refractivity contribution in [3.63, 3.8) is 0 Å². The number of aromatic amines is 1. The molecule has 27 heavy (non-hydrogen) atoms. The largest absolute Gasteiger partial charge is 0.480 e. The molecule has 1 aliphatic carbocycles. The van der Waals surface area contributed by atoms with Gasteiger partial charge in [0.15, 0.2) is 0 Å². The van der Waals surface area contributed by atoms with Crippen LogP contribution in [0, 0.1) is 5.92 Å². The first-order valence-corrected chi connectivity index (χ1v) is 10.1. The van der Waals surface area contributed by atoms with Crippen molar-refractivity contribution in [1.82, 2.24) is 10.3 Å². The first kappa shape index (κ1) is 17.8. The quantitative estimate of drug-likeness (QED) is 0.628. The van der Waals surface area contributed by atoms with E-state index in [-0.39, 0.29) is 12.3 Å². The third kappa shape index (κ3) is 3.49. The number of amides is 1. The average molecular weight is 382 g/mol. The fraction of sp³-hybridized carbons (Fsp3) is 0.333. The number of fused-ring (bicyclic) bond motifs is 2. The van der Waals surface area contributed by atoms with E-state index in [2.05, 4.69) is 17.2 Å². The average Bonchev–Trinajstić information content (AvgIpc) is 3.25. The number of aliphatic carboxylic acids is 1. The number of thiophene rings is 1. The Morgan fingerprint density at radius 2 is 2.19 bits per heavy atom. The molecule has 2 unspecified atom stereocenters. The summed E-state index contributed by atoms with van der Waals surface area (Å²) in [6, 6.07) is 6.80. The van der Waals surface area contributed by atoms with Gasteiger partial charge in [-0.1, -0.05) is 25.1 Å². The highest BCUT2D eigenvalue weighted by molar-refractivity contribution is 7.10. The summed E-state index contributed by atoms with van der Waals surface area (Å²) in [5.41, 5.74) is 3.60. The Hall–Kier alpha value is -2.60. The molecule has 0 fully saturated rings. The van der Waals surface area contributed by atoms with Crippen LogP contribution in [0.5, 0.6) is 0 Å². The number of carbonyl (C=O) groups is 2. The lowest BCUT2D eigenvalue weighted by molar-refractivity contribution is -0.139. The Morgan fingerprint density at radius 3 is 3.00 bits per heavy atom. The molecule has 2 aromatic heterocycles. The normalized spacial score (nSPS) is 17.4. The maximum Gasteiger partial charge on any atom is 0.326 e. The molecule has 0 radical (unpaired) electrons. The smallest absolute Gasteiger partial charge is 0.326 e. The predicted octanol–water partition coefficient (Wildman–Crippen LogP) is 3.78. The summed E-state index contributed by atoms with van der Waals surface area (Å²) >= 11 is 1.61. The fourth-order valence-electron chi connectivity index (χ4n) is 3.82. The summed E-state index contributed by atoms with van der Waals surface area (Å²) in [5.74, 6) is -0.665. The molecule has 0 spiro atoms. The van der Waals surface area contributed by atoms with Crippen LogP contribution < -0.4 is 5.32 Å². The number of rotatable bonds is 5. The second kappa shape index (κ2) is 7.19. The molecule has 1 aromatic carbocycles. The van der Waals surface area contributed by atoms with E-state index < -0.39 is 12.0 Å². The first-order valence-electron chi connectivity index (χ1n) is 9.21. The van der Waals surface area contributed by atoms with Crippen LogP contribution in [-0.2, 0) is 24.1 Å². The zero-order chi connectivity index (χ0) is 19.0. The van der Waals surface area contributed by atoms with Crippen molar-refractivity contribution in [2.24, 2.45) is 5.92 Å². The van der Waals surface area contributed by atoms with Crippen LogP contribution in [0.4, 0.5) is 0 Å². The molecule has 1 aliphatic rings. The van der Waals surface area contributed by atoms with Crippen molar-refractivity contribution in [2.75, 3.05) is 0 Å². The maximum atomic E-state index is 12.8. The molecule has 0 saturated carbocycles. The standard InChI is InChI=1S/C21H22N2O3S/c1-12-6-7-15-16(11-27-19(15)8-12)20(24)23-18(21(25)26)9-13-10-22-17-5-3-2-4-14(13)17/h2-5,10-12,18,22H,6-9H2,1H3,(H,23,24)(H,25,26). The van der Waals surface area contributed by atoms with Crippen LogP contribution in [0.15, 0.2) is 35.8 Å². The number of hydrogen-bond acceptors (Lipinski definition) is 3. The predicted molar refractivity (Wildman–Crippen MR) is 106 cm³/mol. The van der Waals surface area contributed by atoms with E-state index in [1.165, 1.54) is 4.88 Å². The lowest BCUT2D eigenvalue weighted by atomic mass is 9.88. The van der Waals surface area contributed by atoms with Crippen LogP contribution in [0.2, 0.25) is 0 Å². The highest BCUT2D eigenvalue weighted by Gasteiger charge is 2.27. The summed E-state index contributed by atoms with van der Waals surface area (Å²) in [6.45, 7) is 2.23. The lowest BCUT2D eigenvalue weighted by Crippen LogP contribution is -2.42. The third-order valence-corrected chi connectivity index (χ3v) is 6.40. The zero-order valence-electron chi connectivity index (χ0n) is 15.1. The number of hydrogen-bond donors (Lipinski definition) is 3. The van der Waals surface area contributed by atoms with E-state index in [0.717, 1.165) is 41.3 Å². The van der Waals surface area contributed by atoms with Gasteiger partial charge < -0.3 is 15.4 Å². The maximum absolute atomic E-state index is 12.8. The van der Waals surface area contributed by atoms with Gasteiger partial charge in [-0.05, 0) is 42.4 Å². The van der Waals surface area contributed by atoms with E-state index in [1.807, 2.05) is 35.8 Å². The number of carboxylic acid groups (broad SMARTS) is 1. The monoisotopic (exact) mass is 382 g/mol. The number of carboxylic acids is 1. The van der Waals surface area contributed by atoms with Gasteiger partial charge in [0, 0.05) is 33.8 Å². The third-order valence-electron chi connectivity index (χ3n) is 5.35. The molecule has 1 amide bonds. The van der Waals surface area contributed by atoms with Crippen LogP contribution in [-0.4, -0.2) is 28.0 Å². The van der Waals surface area contributed by atoms with Crippen molar-refractivity contribution < 1.29 is 14.7 Å². The van der Waals surface area contributed by atoms with E-state index >= 15 is 0 Å². The van der Waals surface area contributed by atoms with Gasteiger partial charge in [0.05, 0.1) is 5.56 Å². The SMILES string of the molecule is CC1CCc2c(C(=O)NC(Cc3c[nH]c4ccccc34)C(=O)O)csc2C1. The van der Waals surface area contributed by atoms with E-state index in [4.69, 9.17) is 0 Å². The van der Waals surface area contributed by atoms with Crippen molar-refractivity contribution >= 4 is 34.1 Å². The number of para-hydroxylation sites is 1. The van der Waals surface area contributed by atoms with Gasteiger partial charge in [0.25, 0.3) is 5.91 Å². The van der Waals surface area contributed by atoms with E-state index in [1.54, 1.807) is 11.3 Å². The Bertz CT molecular complexity index is 1000. The van der Waals surface area contributed by atoms with Crippen LogP contribution >= 0.6 is 11.3 Å². The molecular weight excluding hydrogens is 360 g/mol. The molecule has 140 valence electrons. The van der Waals surface area contributed by atoms with Gasteiger partial charge in [-0.2, -0.15) is 0 Å². The second-order valence-electron chi connectivity index (χ2n) is 7.33. The second-order valence-corrected chi connectivity index (χ2v) is 8.29. The highest BCUT2D eigenvalue weighted by Crippen LogP contribution is 2.32. The highest BCUT2D eigenvalue weighted by atomic mass is 32.1. The summed E-state index contributed by atoms with van der Waals surface area (Å²) in [7, 11) is 0. The van der Waals surface area contributed by atoms with Crippen molar-refractivity contribution in [2.45, 2.75) is 38.6 Å². The molecule has 0 saturated heterocycles. The number of benzene rings is 1. The zero-order valence-corrected chi connectivity index (χ0v) is 15.9. The van der Waals surface area contributed by atoms with Crippen molar-refractivity contribution in [3.8, 4) is 0 Å². The van der Waals surface area contributed by atoms with Crippen LogP contribution in [0.3, 0.4) is 0 Å². The van der Waals surface area contributed by atoms with Gasteiger partial charge in [0.2, 0.25) is 0 Å². The van der Waals surface area contributed by atoms with Crippen molar-refractivity contribution in [3.05, 3.63) is 57.4 Å². The van der Waals surface area contributed by atoms with E-state index in [0.29, 0.717) is 11.5 Å². The van der Waals surface area contributed by atoms with Gasteiger partial charge in [-0.3, -0.25) is 4.79 Å². The van der Waals surface area contributed by atoms with Crippen molar-refractivity contribution in [1.29, 1.82) is 0 Å². The number of carbonyl (C=O) groups excluding carboxylic acids is 1. The minimum Gasteiger partial charge on any atom is -0.480 e. The number of aromatic nitrogens is 1. The summed E-state index contributed by atoms with van der Waals surface area (Å²) in [4.78, 5) is 29.0. The molecule has 3 N–H and O–H groups in total. The Balaban J connectivity index is 1.54. The molecule has 0 bridgehead atoms. The summed E-state index contributed by atoms with van der Waals surface area (Å²) < 4.78 is 0.